The number of hydrogen-bond acceptors (Lipinski definition) is 10. The van der Waals surface area contributed by atoms with Gasteiger partial charge < -0.3 is 35.1 Å². The maximum Gasteiger partial charge on any atom is 0.429 e. The number of nitrogens with zero attached hydrogens (tertiary/aromatic N) is 4. The number of halogens is 3. The molecule has 3 aliphatic heterocycles. The first kappa shape index (κ1) is 34.3. The van der Waals surface area contributed by atoms with Gasteiger partial charge in [-0.15, -0.1) is 0 Å². The highest BCUT2D eigenvalue weighted by Gasteiger charge is 2.45. The van der Waals surface area contributed by atoms with E-state index in [9.17, 15) is 22.8 Å². The number of methoxy groups -OCH3 is 1. The molecule has 0 saturated carbocycles. The number of carbonyl (C=O) groups excluding carboxylic acids is 2. The Morgan fingerprint density at radius 2 is 1.71 bits per heavy atom. The Morgan fingerprint density at radius 1 is 1.02 bits per heavy atom. The molecule has 3 N–H and O–H groups in total. The summed E-state index contributed by atoms with van der Waals surface area (Å²) in [5.41, 5.74) is 7.54. The van der Waals surface area contributed by atoms with Crippen LogP contribution in [-0.4, -0.2) is 85.4 Å². The molecule has 3 aliphatic rings. The predicted octanol–water partition coefficient (Wildman–Crippen LogP) is 5.16. The standard InChI is InChI=1S/C35H41F3N6O5/c1-3-48-32(46)26-20-34(21-40-26)12-16-43(17-13-34)28-19-29(42-33(39)41-28)49-30(35(36,37)38)23-8-6-22(7-9-23)24-10-11-25(27(18-24)47-2)31(45)44-14-4-5-15-44/h6-11,18-19,26,30,40H,3-5,12-17,20-21H2,1-2H3,(H2,39,41,42)/t26-,30+/m0/s1. The van der Waals surface area contributed by atoms with E-state index in [-0.39, 0.29) is 40.7 Å². The number of nitrogens with two attached hydrogens (primary N) is 1. The van der Waals surface area contributed by atoms with Crippen LogP contribution in [0.3, 0.4) is 0 Å². The number of nitrogen functional groups attached to an aromatic ring is 1. The number of rotatable bonds is 9. The minimum Gasteiger partial charge on any atom is -0.496 e. The molecule has 1 amide bonds. The minimum absolute atomic E-state index is 0.0719. The largest absolute Gasteiger partial charge is 0.496 e. The van der Waals surface area contributed by atoms with Gasteiger partial charge in [-0.05, 0) is 67.7 Å². The molecule has 4 heterocycles. The van der Waals surface area contributed by atoms with Gasteiger partial charge in [-0.1, -0.05) is 30.3 Å². The van der Waals surface area contributed by atoms with Crippen LogP contribution in [0.1, 0.15) is 61.1 Å². The zero-order valence-corrected chi connectivity index (χ0v) is 27.6. The van der Waals surface area contributed by atoms with Gasteiger partial charge in [-0.2, -0.15) is 23.1 Å². The molecule has 6 rings (SSSR count). The molecule has 49 heavy (non-hydrogen) atoms. The van der Waals surface area contributed by atoms with Crippen molar-refractivity contribution >= 4 is 23.6 Å². The van der Waals surface area contributed by atoms with Crippen molar-refractivity contribution in [3.8, 4) is 22.8 Å². The Balaban J connectivity index is 1.15. The second-order valence-electron chi connectivity index (χ2n) is 12.9. The van der Waals surface area contributed by atoms with E-state index in [1.807, 2.05) is 4.90 Å². The Hall–Kier alpha value is -4.59. The SMILES string of the molecule is CCOC(=O)[C@@H]1CC2(CCN(c3cc(O[C@H](c4ccc(-c5ccc(C(=O)N6CCCC6)c(OC)c5)cc4)C(F)(F)F)nc(N)n3)CC2)CN1. The van der Waals surface area contributed by atoms with Crippen LogP contribution in [0.25, 0.3) is 11.1 Å². The number of amides is 1. The molecule has 0 unspecified atom stereocenters. The average molecular weight is 683 g/mol. The Labute approximate surface area is 282 Å². The lowest BCUT2D eigenvalue weighted by Gasteiger charge is -2.39. The Bertz CT molecular complexity index is 1660. The fourth-order valence-corrected chi connectivity index (χ4v) is 7.00. The van der Waals surface area contributed by atoms with Crippen molar-refractivity contribution in [1.82, 2.24) is 20.2 Å². The number of carbonyl (C=O) groups is 2. The van der Waals surface area contributed by atoms with Crippen molar-refractivity contribution in [3.05, 3.63) is 59.7 Å². The molecule has 0 aliphatic carbocycles. The van der Waals surface area contributed by atoms with E-state index < -0.39 is 12.3 Å². The summed E-state index contributed by atoms with van der Waals surface area (Å²) in [5, 5.41) is 3.27. The molecule has 1 aromatic heterocycles. The molecule has 3 fully saturated rings. The third kappa shape index (κ3) is 7.53. The van der Waals surface area contributed by atoms with Gasteiger partial charge in [0.15, 0.2) is 0 Å². The molecule has 11 nitrogen and oxygen atoms in total. The molecule has 262 valence electrons. The normalized spacial score (nSPS) is 19.6. The predicted molar refractivity (Wildman–Crippen MR) is 176 cm³/mol. The number of nitrogens with one attached hydrogen (secondary N) is 1. The van der Waals surface area contributed by atoms with Crippen molar-refractivity contribution in [2.24, 2.45) is 5.41 Å². The zero-order chi connectivity index (χ0) is 34.8. The van der Waals surface area contributed by atoms with Gasteiger partial charge in [0, 0.05) is 44.4 Å². The number of likely N-dealkylation sites (tertiary alicyclic amines) is 1. The second kappa shape index (κ2) is 14.1. The van der Waals surface area contributed by atoms with Crippen molar-refractivity contribution in [3.63, 3.8) is 0 Å². The first-order chi connectivity index (χ1) is 23.5. The lowest BCUT2D eigenvalue weighted by molar-refractivity contribution is -0.198. The maximum atomic E-state index is 14.4. The first-order valence-electron chi connectivity index (χ1n) is 16.6. The molecular formula is C35H41F3N6O5. The van der Waals surface area contributed by atoms with Crippen molar-refractivity contribution < 1.29 is 37.0 Å². The molecule has 0 radical (unpaired) electrons. The fraction of sp³-hybridized carbons (Fsp3) is 0.486. The summed E-state index contributed by atoms with van der Waals surface area (Å²) in [7, 11) is 1.48. The average Bonchev–Trinajstić information content (AvgIpc) is 3.78. The highest BCUT2D eigenvalue weighted by molar-refractivity contribution is 5.97. The molecule has 14 heteroatoms. The number of anilines is 2. The number of benzene rings is 2. The van der Waals surface area contributed by atoms with E-state index in [1.165, 1.54) is 25.3 Å². The van der Waals surface area contributed by atoms with E-state index >= 15 is 0 Å². The van der Waals surface area contributed by atoms with Crippen LogP contribution in [0, 0.1) is 5.41 Å². The van der Waals surface area contributed by atoms with Gasteiger partial charge in [0.1, 0.15) is 17.6 Å². The fourth-order valence-electron chi connectivity index (χ4n) is 7.00. The summed E-state index contributed by atoms with van der Waals surface area (Å²) in [5.74, 6) is -0.0640. The zero-order valence-electron chi connectivity index (χ0n) is 27.6. The van der Waals surface area contributed by atoms with E-state index in [0.717, 1.165) is 25.7 Å². The van der Waals surface area contributed by atoms with Crippen molar-refractivity contribution in [2.45, 2.75) is 57.3 Å². The van der Waals surface area contributed by atoms with Crippen LogP contribution in [0.4, 0.5) is 24.9 Å². The summed E-state index contributed by atoms with van der Waals surface area (Å²) in [6.45, 7) is 5.35. The maximum absolute atomic E-state index is 14.4. The van der Waals surface area contributed by atoms with Crippen molar-refractivity contribution in [2.75, 3.05) is 57.1 Å². The summed E-state index contributed by atoms with van der Waals surface area (Å²) in [4.78, 5) is 37.2. The van der Waals surface area contributed by atoms with Gasteiger partial charge in [0.05, 0.1) is 19.3 Å². The number of piperidine rings is 1. The molecule has 1 spiro atoms. The number of alkyl halides is 3. The smallest absolute Gasteiger partial charge is 0.429 e. The van der Waals surface area contributed by atoms with Gasteiger partial charge >= 0.3 is 12.1 Å². The van der Waals surface area contributed by atoms with Gasteiger partial charge in [-0.3, -0.25) is 9.59 Å². The van der Waals surface area contributed by atoms with E-state index in [1.54, 1.807) is 42.2 Å². The van der Waals surface area contributed by atoms with Crippen LogP contribution in [0.15, 0.2) is 48.5 Å². The molecular weight excluding hydrogens is 641 g/mol. The van der Waals surface area contributed by atoms with Crippen LogP contribution in [0.5, 0.6) is 11.6 Å². The number of esters is 1. The van der Waals surface area contributed by atoms with E-state index in [0.29, 0.717) is 74.0 Å². The van der Waals surface area contributed by atoms with Crippen molar-refractivity contribution in [1.29, 1.82) is 0 Å². The molecule has 0 bridgehead atoms. The van der Waals surface area contributed by atoms with Crippen LogP contribution >= 0.6 is 0 Å². The number of ether oxygens (including phenoxy) is 3. The minimum atomic E-state index is -4.76. The second-order valence-corrected chi connectivity index (χ2v) is 12.9. The molecule has 2 atom stereocenters. The van der Waals surface area contributed by atoms with Gasteiger partial charge in [0.2, 0.25) is 17.9 Å². The molecule has 2 aromatic carbocycles. The Kier molecular flexibility index (Phi) is 9.87. The summed E-state index contributed by atoms with van der Waals surface area (Å²) < 4.78 is 59.4. The topological polar surface area (TPSA) is 132 Å². The highest BCUT2D eigenvalue weighted by Crippen LogP contribution is 2.42. The van der Waals surface area contributed by atoms with Gasteiger partial charge in [0.25, 0.3) is 5.91 Å². The molecule has 3 aromatic rings. The van der Waals surface area contributed by atoms with Gasteiger partial charge in [-0.25, -0.2) is 0 Å². The lowest BCUT2D eigenvalue weighted by Crippen LogP contribution is -2.41. The lowest BCUT2D eigenvalue weighted by atomic mass is 9.76. The number of aromatic nitrogens is 2. The number of hydrogen-bond donors (Lipinski definition) is 2. The summed E-state index contributed by atoms with van der Waals surface area (Å²) in [6, 6.07) is 12.1. The third-order valence-corrected chi connectivity index (χ3v) is 9.69. The quantitative estimate of drug-likeness (QED) is 0.292. The van der Waals surface area contributed by atoms with E-state index in [2.05, 4.69) is 15.3 Å². The first-order valence-corrected chi connectivity index (χ1v) is 16.6. The third-order valence-electron chi connectivity index (χ3n) is 9.69. The summed E-state index contributed by atoms with van der Waals surface area (Å²) >= 11 is 0. The Morgan fingerprint density at radius 3 is 2.37 bits per heavy atom. The monoisotopic (exact) mass is 682 g/mol. The highest BCUT2D eigenvalue weighted by atomic mass is 19.4. The summed E-state index contributed by atoms with van der Waals surface area (Å²) in [6.07, 6.45) is -2.95. The van der Waals surface area contributed by atoms with Crippen LogP contribution in [-0.2, 0) is 9.53 Å². The molecule has 3 saturated heterocycles. The van der Waals surface area contributed by atoms with Crippen LogP contribution in [0.2, 0.25) is 0 Å². The van der Waals surface area contributed by atoms with Crippen LogP contribution < -0.4 is 25.4 Å². The van der Waals surface area contributed by atoms with E-state index in [4.69, 9.17) is 19.9 Å².